The third kappa shape index (κ3) is 3.73. The van der Waals surface area contributed by atoms with Crippen molar-refractivity contribution in [2.24, 2.45) is 10.8 Å². The Morgan fingerprint density at radius 1 is 1.21 bits per heavy atom. The topological polar surface area (TPSA) is 18.5 Å². The molecule has 1 aliphatic heterocycles. The summed E-state index contributed by atoms with van der Waals surface area (Å²) in [5.74, 6) is 0.949. The quantitative estimate of drug-likeness (QED) is 0.789. The zero-order chi connectivity index (χ0) is 14.1. The van der Waals surface area contributed by atoms with E-state index in [0.717, 1.165) is 25.4 Å². The van der Waals surface area contributed by atoms with Crippen molar-refractivity contribution in [3.63, 3.8) is 0 Å². The minimum absolute atomic E-state index is 0.233. The first-order chi connectivity index (χ1) is 8.78. The number of ether oxygens (including phenoxy) is 2. The number of hydrogen-bond acceptors (Lipinski definition) is 2. The van der Waals surface area contributed by atoms with Gasteiger partial charge in [-0.3, -0.25) is 0 Å². The van der Waals surface area contributed by atoms with Crippen LogP contribution in [0, 0.1) is 10.8 Å². The Hall–Kier alpha value is -1.02. The first kappa shape index (κ1) is 14.4. The Balaban J connectivity index is 1.89. The molecular weight excluding hydrogens is 236 g/mol. The molecule has 0 amide bonds. The van der Waals surface area contributed by atoms with Crippen LogP contribution in [0.4, 0.5) is 0 Å². The van der Waals surface area contributed by atoms with Gasteiger partial charge in [0.1, 0.15) is 5.75 Å². The minimum Gasteiger partial charge on any atom is -0.494 e. The van der Waals surface area contributed by atoms with Crippen molar-refractivity contribution in [1.82, 2.24) is 0 Å². The van der Waals surface area contributed by atoms with E-state index in [1.807, 2.05) is 0 Å². The molecule has 0 N–H and O–H groups in total. The maximum Gasteiger partial charge on any atom is 0.119 e. The first-order valence-corrected chi connectivity index (χ1v) is 7.12. The van der Waals surface area contributed by atoms with E-state index in [4.69, 9.17) is 9.47 Å². The fourth-order valence-electron chi connectivity index (χ4n) is 2.26. The summed E-state index contributed by atoms with van der Waals surface area (Å²) in [6.07, 6.45) is 1.30. The molecule has 0 bridgehead atoms. The van der Waals surface area contributed by atoms with Gasteiger partial charge in [-0.05, 0) is 29.5 Å². The summed E-state index contributed by atoms with van der Waals surface area (Å²) >= 11 is 0. The van der Waals surface area contributed by atoms with E-state index in [1.165, 1.54) is 5.56 Å². The Labute approximate surface area is 117 Å². The summed E-state index contributed by atoms with van der Waals surface area (Å²) in [6.45, 7) is 12.8. The van der Waals surface area contributed by atoms with Gasteiger partial charge in [0.2, 0.25) is 0 Å². The van der Waals surface area contributed by atoms with Crippen molar-refractivity contribution in [1.29, 1.82) is 0 Å². The molecule has 106 valence electrons. The standard InChI is InChI=1S/C17H26O2/c1-16(2,3)10-11-18-14-8-6-13(7-9-14)15-17(4,5)12-19-15/h6-9,15H,10-12H2,1-5H3. The third-order valence-electron chi connectivity index (χ3n) is 3.64. The molecule has 1 unspecified atom stereocenters. The maximum atomic E-state index is 5.78. The van der Waals surface area contributed by atoms with Gasteiger partial charge in [-0.2, -0.15) is 0 Å². The van der Waals surface area contributed by atoms with E-state index in [9.17, 15) is 0 Å². The number of benzene rings is 1. The predicted molar refractivity (Wildman–Crippen MR) is 78.5 cm³/mol. The van der Waals surface area contributed by atoms with Crippen LogP contribution in [-0.4, -0.2) is 13.2 Å². The van der Waals surface area contributed by atoms with Gasteiger partial charge in [-0.15, -0.1) is 0 Å². The van der Waals surface area contributed by atoms with Crippen LogP contribution in [0.5, 0.6) is 5.75 Å². The Morgan fingerprint density at radius 3 is 2.26 bits per heavy atom. The zero-order valence-corrected chi connectivity index (χ0v) is 12.8. The number of rotatable bonds is 4. The van der Waals surface area contributed by atoms with Gasteiger partial charge < -0.3 is 9.47 Å². The van der Waals surface area contributed by atoms with Gasteiger partial charge in [0.15, 0.2) is 0 Å². The average molecular weight is 262 g/mol. The Morgan fingerprint density at radius 2 is 1.84 bits per heavy atom. The second-order valence-electron chi connectivity index (χ2n) is 7.41. The maximum absolute atomic E-state index is 5.78. The molecule has 0 aliphatic carbocycles. The molecule has 1 fully saturated rings. The van der Waals surface area contributed by atoms with Crippen molar-refractivity contribution in [3.8, 4) is 5.75 Å². The third-order valence-corrected chi connectivity index (χ3v) is 3.64. The minimum atomic E-state index is 0.233. The largest absolute Gasteiger partial charge is 0.494 e. The SMILES string of the molecule is CC(C)(C)CCOc1ccc(C2OCC2(C)C)cc1. The molecule has 2 rings (SSSR count). The lowest BCUT2D eigenvalue weighted by Crippen LogP contribution is -2.40. The second kappa shape index (κ2) is 5.16. The van der Waals surface area contributed by atoms with Gasteiger partial charge in [0.25, 0.3) is 0 Å². The van der Waals surface area contributed by atoms with Crippen molar-refractivity contribution in [3.05, 3.63) is 29.8 Å². The van der Waals surface area contributed by atoms with Crippen LogP contribution in [0.3, 0.4) is 0 Å². The van der Waals surface area contributed by atoms with Crippen LogP contribution in [0.2, 0.25) is 0 Å². The highest BCUT2D eigenvalue weighted by Crippen LogP contribution is 2.45. The molecule has 19 heavy (non-hydrogen) atoms. The predicted octanol–water partition coefficient (Wildman–Crippen LogP) is 4.60. The molecule has 0 radical (unpaired) electrons. The van der Waals surface area contributed by atoms with E-state index < -0.39 is 0 Å². The van der Waals surface area contributed by atoms with Crippen LogP contribution in [0.1, 0.15) is 52.7 Å². The molecule has 0 saturated carbocycles. The molecule has 1 aliphatic rings. The van der Waals surface area contributed by atoms with Gasteiger partial charge in [-0.25, -0.2) is 0 Å². The second-order valence-corrected chi connectivity index (χ2v) is 7.41. The van der Waals surface area contributed by atoms with E-state index in [0.29, 0.717) is 5.41 Å². The van der Waals surface area contributed by atoms with Gasteiger partial charge in [-0.1, -0.05) is 46.8 Å². The summed E-state index contributed by atoms with van der Waals surface area (Å²) in [6, 6.07) is 8.35. The molecule has 1 aromatic carbocycles. The van der Waals surface area contributed by atoms with E-state index in [2.05, 4.69) is 58.9 Å². The molecule has 0 aromatic heterocycles. The van der Waals surface area contributed by atoms with Crippen molar-refractivity contribution in [2.45, 2.75) is 47.1 Å². The lowest BCUT2D eigenvalue weighted by Gasteiger charge is -2.44. The van der Waals surface area contributed by atoms with Crippen LogP contribution < -0.4 is 4.74 Å². The lowest BCUT2D eigenvalue weighted by atomic mass is 9.79. The Kier molecular flexibility index (Phi) is 3.91. The Bertz CT molecular complexity index is 412. The molecule has 1 heterocycles. The van der Waals surface area contributed by atoms with E-state index in [-0.39, 0.29) is 11.5 Å². The monoisotopic (exact) mass is 262 g/mol. The first-order valence-electron chi connectivity index (χ1n) is 7.12. The van der Waals surface area contributed by atoms with Crippen molar-refractivity contribution in [2.75, 3.05) is 13.2 Å². The van der Waals surface area contributed by atoms with Crippen molar-refractivity contribution < 1.29 is 9.47 Å². The normalized spacial score (nSPS) is 21.8. The van der Waals surface area contributed by atoms with Crippen LogP contribution in [0.25, 0.3) is 0 Å². The summed E-state index contributed by atoms with van der Waals surface area (Å²) in [4.78, 5) is 0. The van der Waals surface area contributed by atoms with Gasteiger partial charge in [0.05, 0.1) is 19.3 Å². The zero-order valence-electron chi connectivity index (χ0n) is 12.8. The lowest BCUT2D eigenvalue weighted by molar-refractivity contribution is -0.172. The fourth-order valence-corrected chi connectivity index (χ4v) is 2.26. The molecule has 2 heteroatoms. The van der Waals surface area contributed by atoms with Crippen molar-refractivity contribution >= 4 is 0 Å². The molecule has 1 atom stereocenters. The van der Waals surface area contributed by atoms with E-state index in [1.54, 1.807) is 0 Å². The highest BCUT2D eigenvalue weighted by Gasteiger charge is 2.40. The molecule has 1 aromatic rings. The molecule has 2 nitrogen and oxygen atoms in total. The number of hydrogen-bond donors (Lipinski definition) is 0. The highest BCUT2D eigenvalue weighted by molar-refractivity contribution is 5.30. The summed E-state index contributed by atoms with van der Waals surface area (Å²) in [5.41, 5.74) is 1.83. The van der Waals surface area contributed by atoms with Gasteiger partial charge >= 0.3 is 0 Å². The summed E-state index contributed by atoms with van der Waals surface area (Å²) < 4.78 is 11.4. The smallest absolute Gasteiger partial charge is 0.119 e. The fraction of sp³-hybridized carbons (Fsp3) is 0.647. The van der Waals surface area contributed by atoms with Crippen LogP contribution in [-0.2, 0) is 4.74 Å². The molecular formula is C17H26O2. The molecule has 1 saturated heterocycles. The summed E-state index contributed by atoms with van der Waals surface area (Å²) in [5, 5.41) is 0. The van der Waals surface area contributed by atoms with Gasteiger partial charge in [0, 0.05) is 5.41 Å². The van der Waals surface area contributed by atoms with Crippen LogP contribution in [0.15, 0.2) is 24.3 Å². The summed E-state index contributed by atoms with van der Waals surface area (Å²) in [7, 11) is 0. The molecule has 0 spiro atoms. The van der Waals surface area contributed by atoms with Crippen LogP contribution >= 0.6 is 0 Å². The van der Waals surface area contributed by atoms with E-state index >= 15 is 0 Å². The highest BCUT2D eigenvalue weighted by atomic mass is 16.5. The average Bonchev–Trinajstić information content (AvgIpc) is 2.28.